The van der Waals surface area contributed by atoms with E-state index in [1.54, 1.807) is 6.20 Å². The lowest BCUT2D eigenvalue weighted by Gasteiger charge is -2.01. The van der Waals surface area contributed by atoms with Crippen LogP contribution in [0.25, 0.3) is 0 Å². The Bertz CT molecular complexity index is 276. The van der Waals surface area contributed by atoms with Crippen molar-refractivity contribution in [2.24, 2.45) is 5.73 Å². The summed E-state index contributed by atoms with van der Waals surface area (Å²) in [4.78, 5) is 16.8. The van der Waals surface area contributed by atoms with Gasteiger partial charge < -0.3 is 30.9 Å². The number of nitrogens with one attached hydrogen (secondary N) is 1. The van der Waals surface area contributed by atoms with Crippen molar-refractivity contribution in [3.05, 3.63) is 18.2 Å². The number of nitrogens with two attached hydrogens (primary N) is 1. The Balaban J connectivity index is 0.000000423. The molecule has 9 heteroatoms. The van der Waals surface area contributed by atoms with E-state index in [4.69, 9.17) is 25.9 Å². The molecule has 0 radical (unpaired) electrons. The van der Waals surface area contributed by atoms with Crippen molar-refractivity contribution in [2.45, 2.75) is 12.5 Å². The number of nitrogens with zero attached hydrogens (tertiary/aromatic N) is 1. The van der Waals surface area contributed by atoms with Crippen LogP contribution in [0.15, 0.2) is 12.5 Å². The van der Waals surface area contributed by atoms with E-state index < -0.39 is 19.3 Å². The summed E-state index contributed by atoms with van der Waals surface area (Å²) in [5.41, 5.74) is 5.92. The Morgan fingerprint density at radius 3 is 2.47 bits per heavy atom. The van der Waals surface area contributed by atoms with E-state index in [-0.39, 0.29) is 6.42 Å². The standard InChI is InChI=1S/C6H9N3O2.BH3O3/c7-5(6(10)11)1-4-2-8-3-9-4;2-1(3)4/h2-3,5H,1,7H2,(H,8,9)(H,10,11);2-4H. The first-order valence-electron chi connectivity index (χ1n) is 3.93. The Morgan fingerprint density at radius 2 is 2.13 bits per heavy atom. The molecule has 0 saturated heterocycles. The zero-order valence-corrected chi connectivity index (χ0v) is 7.74. The summed E-state index contributed by atoms with van der Waals surface area (Å²) in [6.45, 7) is 0. The number of H-pyrrole nitrogens is 1. The molecule has 1 rings (SSSR count). The van der Waals surface area contributed by atoms with Crippen LogP contribution in [-0.2, 0) is 11.2 Å². The molecule has 15 heavy (non-hydrogen) atoms. The Hall–Kier alpha value is -1.42. The second-order valence-electron chi connectivity index (χ2n) is 2.56. The number of aromatic amines is 1. The van der Waals surface area contributed by atoms with Gasteiger partial charge in [0.15, 0.2) is 0 Å². The van der Waals surface area contributed by atoms with Crippen molar-refractivity contribution in [3.8, 4) is 0 Å². The Kier molecular flexibility index (Phi) is 6.30. The molecule has 0 spiro atoms. The van der Waals surface area contributed by atoms with Crippen molar-refractivity contribution in [1.82, 2.24) is 9.97 Å². The van der Waals surface area contributed by atoms with Gasteiger partial charge in [0.1, 0.15) is 6.04 Å². The molecule has 0 bridgehead atoms. The van der Waals surface area contributed by atoms with Gasteiger partial charge in [0.05, 0.1) is 12.0 Å². The van der Waals surface area contributed by atoms with Gasteiger partial charge >= 0.3 is 13.3 Å². The molecular formula is C6H12BN3O5. The van der Waals surface area contributed by atoms with Crippen LogP contribution in [0, 0.1) is 0 Å². The minimum Gasteiger partial charge on any atom is -0.480 e. The minimum atomic E-state index is -2.17. The van der Waals surface area contributed by atoms with E-state index >= 15 is 0 Å². The van der Waals surface area contributed by atoms with Crippen LogP contribution in [0.3, 0.4) is 0 Å². The zero-order chi connectivity index (χ0) is 11.8. The SMILES string of the molecule is NC(Cc1c[nH]cn1)C(=O)O.OB(O)O. The summed E-state index contributed by atoms with van der Waals surface area (Å²) < 4.78 is 0. The lowest BCUT2D eigenvalue weighted by atomic mass is 10.2. The van der Waals surface area contributed by atoms with Crippen LogP contribution in [0.4, 0.5) is 0 Å². The second kappa shape index (κ2) is 6.95. The molecule has 1 aromatic rings. The molecule has 1 unspecified atom stereocenters. The third-order valence-corrected chi connectivity index (χ3v) is 1.30. The van der Waals surface area contributed by atoms with Gasteiger partial charge in [0.25, 0.3) is 0 Å². The molecule has 1 atom stereocenters. The predicted octanol–water partition coefficient (Wildman–Crippen LogP) is -2.69. The number of carbonyl (C=O) groups is 1. The van der Waals surface area contributed by atoms with Gasteiger partial charge in [-0.1, -0.05) is 0 Å². The normalized spacial score (nSPS) is 11.2. The zero-order valence-electron chi connectivity index (χ0n) is 7.74. The summed E-state index contributed by atoms with van der Waals surface area (Å²) in [7, 11) is -2.17. The van der Waals surface area contributed by atoms with E-state index in [9.17, 15) is 4.79 Å². The highest BCUT2D eigenvalue weighted by atomic mass is 16.5. The molecule has 0 amide bonds. The maximum Gasteiger partial charge on any atom is 0.631 e. The average Bonchev–Trinajstić information content (AvgIpc) is 2.55. The van der Waals surface area contributed by atoms with Crippen molar-refractivity contribution in [1.29, 1.82) is 0 Å². The first-order chi connectivity index (χ1) is 6.93. The number of hydrogen-bond acceptors (Lipinski definition) is 6. The number of imidazole rings is 1. The summed E-state index contributed by atoms with van der Waals surface area (Å²) >= 11 is 0. The molecule has 1 heterocycles. The van der Waals surface area contributed by atoms with E-state index in [0.29, 0.717) is 5.69 Å². The second-order valence-corrected chi connectivity index (χ2v) is 2.56. The van der Waals surface area contributed by atoms with Crippen molar-refractivity contribution < 1.29 is 25.0 Å². The largest absolute Gasteiger partial charge is 0.631 e. The first-order valence-corrected chi connectivity index (χ1v) is 3.93. The molecular weight excluding hydrogens is 205 g/mol. The van der Waals surface area contributed by atoms with Crippen LogP contribution in [0.2, 0.25) is 0 Å². The van der Waals surface area contributed by atoms with Gasteiger partial charge in [0, 0.05) is 12.6 Å². The van der Waals surface area contributed by atoms with Crippen molar-refractivity contribution in [2.75, 3.05) is 0 Å². The van der Waals surface area contributed by atoms with E-state index in [1.807, 2.05) is 0 Å². The molecule has 0 aliphatic rings. The lowest BCUT2D eigenvalue weighted by molar-refractivity contribution is -0.138. The minimum absolute atomic E-state index is 0.263. The van der Waals surface area contributed by atoms with Gasteiger partial charge in [-0.3, -0.25) is 4.79 Å². The average molecular weight is 217 g/mol. The first kappa shape index (κ1) is 13.6. The third kappa shape index (κ3) is 7.64. The third-order valence-electron chi connectivity index (χ3n) is 1.30. The number of carboxylic acid groups (broad SMARTS) is 1. The van der Waals surface area contributed by atoms with Crippen molar-refractivity contribution in [3.63, 3.8) is 0 Å². The van der Waals surface area contributed by atoms with Crippen molar-refractivity contribution >= 4 is 13.3 Å². The molecule has 0 aliphatic heterocycles. The van der Waals surface area contributed by atoms with E-state index in [1.165, 1.54) is 6.33 Å². The number of rotatable bonds is 3. The van der Waals surface area contributed by atoms with Crippen LogP contribution in [-0.4, -0.2) is 49.5 Å². The number of carboxylic acids is 1. The summed E-state index contributed by atoms with van der Waals surface area (Å²) in [5.74, 6) is -1.01. The molecule has 1 aromatic heterocycles. The van der Waals surface area contributed by atoms with Crippen LogP contribution >= 0.6 is 0 Å². The maximum atomic E-state index is 10.3. The van der Waals surface area contributed by atoms with Gasteiger partial charge in [0.2, 0.25) is 0 Å². The molecule has 0 fully saturated rings. The molecule has 84 valence electrons. The van der Waals surface area contributed by atoms with Gasteiger partial charge in [-0.2, -0.15) is 0 Å². The highest BCUT2D eigenvalue weighted by Gasteiger charge is 2.12. The maximum absolute atomic E-state index is 10.3. The lowest BCUT2D eigenvalue weighted by Crippen LogP contribution is -2.32. The number of aromatic nitrogens is 2. The molecule has 8 nitrogen and oxygen atoms in total. The van der Waals surface area contributed by atoms with E-state index in [2.05, 4.69) is 9.97 Å². The summed E-state index contributed by atoms with van der Waals surface area (Å²) in [6, 6.07) is -0.863. The highest BCUT2D eigenvalue weighted by Crippen LogP contribution is 1.95. The summed E-state index contributed by atoms with van der Waals surface area (Å²) in [6.07, 6.45) is 3.38. The molecule has 0 saturated carbocycles. The summed E-state index contributed by atoms with van der Waals surface area (Å²) in [5, 5.41) is 29.9. The predicted molar refractivity (Wildman–Crippen MR) is 50.3 cm³/mol. The quantitative estimate of drug-likeness (QED) is 0.301. The van der Waals surface area contributed by atoms with Crippen LogP contribution in [0.5, 0.6) is 0 Å². The van der Waals surface area contributed by atoms with Gasteiger partial charge in [-0.25, -0.2) is 4.98 Å². The van der Waals surface area contributed by atoms with Gasteiger partial charge in [-0.05, 0) is 0 Å². The topological polar surface area (TPSA) is 153 Å². The van der Waals surface area contributed by atoms with Gasteiger partial charge in [-0.15, -0.1) is 0 Å². The fraction of sp³-hybridized carbons (Fsp3) is 0.333. The number of aliphatic carboxylic acids is 1. The van der Waals surface area contributed by atoms with E-state index in [0.717, 1.165) is 0 Å². The Labute approximate surface area is 85.6 Å². The smallest absolute Gasteiger partial charge is 0.480 e. The van der Waals surface area contributed by atoms with Crippen LogP contribution < -0.4 is 5.73 Å². The molecule has 0 aromatic carbocycles. The van der Waals surface area contributed by atoms with Crippen LogP contribution in [0.1, 0.15) is 5.69 Å². The Morgan fingerprint density at radius 1 is 1.60 bits per heavy atom. The fourth-order valence-electron chi connectivity index (χ4n) is 0.715. The fourth-order valence-corrected chi connectivity index (χ4v) is 0.715. The molecule has 0 aliphatic carbocycles. The monoisotopic (exact) mass is 217 g/mol. The highest BCUT2D eigenvalue weighted by molar-refractivity contribution is 6.30. The molecule has 7 N–H and O–H groups in total. The number of hydrogen-bond donors (Lipinski definition) is 6.